The molecule has 34 heavy (non-hydrogen) atoms. The van der Waals surface area contributed by atoms with Crippen LogP contribution in [0.15, 0.2) is 47.1 Å². The summed E-state index contributed by atoms with van der Waals surface area (Å²) in [4.78, 5) is 43.4. The van der Waals surface area contributed by atoms with Gasteiger partial charge in [-0.05, 0) is 36.4 Å². The molecule has 0 bridgehead atoms. The monoisotopic (exact) mass is 480 g/mol. The number of ether oxygens (including phenoxy) is 1. The van der Waals surface area contributed by atoms with Gasteiger partial charge in [0, 0.05) is 31.9 Å². The highest BCUT2D eigenvalue weighted by Crippen LogP contribution is 2.30. The van der Waals surface area contributed by atoms with Gasteiger partial charge in [-0.3, -0.25) is 9.59 Å². The van der Waals surface area contributed by atoms with Crippen molar-refractivity contribution in [2.45, 2.75) is 12.2 Å². The van der Waals surface area contributed by atoms with Crippen molar-refractivity contribution in [1.82, 2.24) is 14.7 Å². The van der Waals surface area contributed by atoms with Gasteiger partial charge >= 0.3 is 12.2 Å². The summed E-state index contributed by atoms with van der Waals surface area (Å²) in [5, 5.41) is 2.55. The van der Waals surface area contributed by atoms with E-state index < -0.39 is 29.7 Å². The van der Waals surface area contributed by atoms with E-state index in [4.69, 9.17) is 9.15 Å². The van der Waals surface area contributed by atoms with Crippen LogP contribution in [0.4, 0.5) is 23.7 Å². The number of carbonyl (C=O) groups is 3. The van der Waals surface area contributed by atoms with Crippen LogP contribution in [0, 0.1) is 0 Å². The lowest BCUT2D eigenvalue weighted by molar-refractivity contribution is -0.141. The van der Waals surface area contributed by atoms with Gasteiger partial charge in [-0.15, -0.1) is 0 Å². The number of furan rings is 1. The summed E-state index contributed by atoms with van der Waals surface area (Å²) in [7, 11) is 0. The Hall–Kier alpha value is -3.54. The molecule has 0 spiro atoms. The first-order valence-electron chi connectivity index (χ1n) is 10.7. The molecule has 0 saturated carbocycles. The molecule has 0 radical (unpaired) electrons. The van der Waals surface area contributed by atoms with Gasteiger partial charge in [0.1, 0.15) is 6.04 Å². The third kappa shape index (κ3) is 5.16. The average Bonchev–Trinajstić information content (AvgIpc) is 3.38. The van der Waals surface area contributed by atoms with Crippen LogP contribution in [-0.4, -0.2) is 84.5 Å². The predicted octanol–water partition coefficient (Wildman–Crippen LogP) is 2.52. The summed E-state index contributed by atoms with van der Waals surface area (Å²) in [6.45, 7) is 1.64. The number of anilines is 1. The molecule has 12 heteroatoms. The predicted molar refractivity (Wildman–Crippen MR) is 113 cm³/mol. The van der Waals surface area contributed by atoms with E-state index in [-0.39, 0.29) is 37.0 Å². The minimum Gasteiger partial charge on any atom is -0.459 e. The van der Waals surface area contributed by atoms with E-state index in [1.165, 1.54) is 22.1 Å². The summed E-state index contributed by atoms with van der Waals surface area (Å²) in [6.07, 6.45) is -3.12. The van der Waals surface area contributed by atoms with Crippen molar-refractivity contribution in [2.24, 2.45) is 0 Å². The number of hydrogen-bond donors (Lipinski definition) is 1. The average molecular weight is 480 g/mol. The van der Waals surface area contributed by atoms with Gasteiger partial charge < -0.3 is 29.2 Å². The Morgan fingerprint density at radius 1 is 0.941 bits per heavy atom. The molecule has 1 N–H and O–H groups in total. The van der Waals surface area contributed by atoms with Crippen LogP contribution in [0.3, 0.4) is 0 Å². The Bertz CT molecular complexity index is 1020. The van der Waals surface area contributed by atoms with Gasteiger partial charge in [0.15, 0.2) is 5.76 Å². The first-order chi connectivity index (χ1) is 16.2. The van der Waals surface area contributed by atoms with Crippen LogP contribution >= 0.6 is 0 Å². The first-order valence-corrected chi connectivity index (χ1v) is 10.7. The number of piperazine rings is 1. The largest absolute Gasteiger partial charge is 0.459 e. The SMILES string of the molecule is O=C(Nc1ccc(C(F)(F)F)cc1)N1CCN(C(=O)c2ccco2)C(C(=O)N2CCOCC2)C1. The molecular weight excluding hydrogens is 457 g/mol. The number of amides is 4. The van der Waals surface area contributed by atoms with Crippen LogP contribution in [-0.2, 0) is 15.7 Å². The third-order valence-corrected chi connectivity index (χ3v) is 5.73. The van der Waals surface area contributed by atoms with Gasteiger partial charge in [0.2, 0.25) is 5.91 Å². The van der Waals surface area contributed by atoms with Crippen LogP contribution < -0.4 is 5.32 Å². The molecule has 2 aliphatic heterocycles. The fourth-order valence-corrected chi connectivity index (χ4v) is 3.90. The summed E-state index contributed by atoms with van der Waals surface area (Å²) in [5.41, 5.74) is -0.644. The molecule has 1 aromatic heterocycles. The number of carbonyl (C=O) groups excluding carboxylic acids is 3. The van der Waals surface area contributed by atoms with E-state index in [0.717, 1.165) is 24.3 Å². The third-order valence-electron chi connectivity index (χ3n) is 5.73. The van der Waals surface area contributed by atoms with Gasteiger partial charge in [-0.1, -0.05) is 0 Å². The number of nitrogens with one attached hydrogen (secondary N) is 1. The summed E-state index contributed by atoms with van der Waals surface area (Å²) >= 11 is 0. The van der Waals surface area contributed by atoms with E-state index in [9.17, 15) is 27.6 Å². The van der Waals surface area contributed by atoms with Crippen LogP contribution in [0.2, 0.25) is 0 Å². The fraction of sp³-hybridized carbons (Fsp3) is 0.409. The molecule has 1 aromatic carbocycles. The second kappa shape index (κ2) is 9.75. The quantitative estimate of drug-likeness (QED) is 0.729. The van der Waals surface area contributed by atoms with Crippen molar-refractivity contribution in [3.05, 3.63) is 54.0 Å². The zero-order valence-corrected chi connectivity index (χ0v) is 18.1. The minimum absolute atomic E-state index is 0.0743. The molecule has 9 nitrogen and oxygen atoms in total. The van der Waals surface area contributed by atoms with E-state index in [1.807, 2.05) is 0 Å². The van der Waals surface area contributed by atoms with Gasteiger partial charge in [0.05, 0.1) is 31.6 Å². The molecule has 4 amide bonds. The van der Waals surface area contributed by atoms with Gasteiger partial charge in [-0.25, -0.2) is 4.79 Å². The summed E-state index contributed by atoms with van der Waals surface area (Å²) < 4.78 is 48.8. The number of morpholine rings is 1. The molecule has 2 aromatic rings. The zero-order valence-electron chi connectivity index (χ0n) is 18.1. The molecule has 4 rings (SSSR count). The lowest BCUT2D eigenvalue weighted by atomic mass is 10.1. The molecule has 3 heterocycles. The second-order valence-corrected chi connectivity index (χ2v) is 7.88. The van der Waals surface area contributed by atoms with Crippen molar-refractivity contribution in [3.8, 4) is 0 Å². The normalized spacial score (nSPS) is 19.1. The molecule has 2 aliphatic rings. The molecule has 1 atom stereocenters. The molecular formula is C22H23F3N4O5. The Morgan fingerprint density at radius 3 is 2.26 bits per heavy atom. The molecule has 0 aliphatic carbocycles. The highest BCUT2D eigenvalue weighted by molar-refractivity contribution is 5.97. The first kappa shape index (κ1) is 23.6. The van der Waals surface area contributed by atoms with Crippen LogP contribution in [0.5, 0.6) is 0 Å². The Kier molecular flexibility index (Phi) is 6.77. The highest BCUT2D eigenvalue weighted by Gasteiger charge is 2.40. The van der Waals surface area contributed by atoms with Crippen LogP contribution in [0.1, 0.15) is 16.1 Å². The van der Waals surface area contributed by atoms with Crippen molar-refractivity contribution in [3.63, 3.8) is 0 Å². The maximum absolute atomic E-state index is 13.3. The molecule has 1 unspecified atom stereocenters. The molecule has 2 saturated heterocycles. The van der Waals surface area contributed by atoms with Crippen molar-refractivity contribution in [2.75, 3.05) is 51.3 Å². The topological polar surface area (TPSA) is 95.3 Å². The maximum Gasteiger partial charge on any atom is 0.416 e. The number of benzene rings is 1. The maximum atomic E-state index is 13.3. The number of nitrogens with zero attached hydrogens (tertiary/aromatic N) is 3. The number of alkyl halides is 3. The van der Waals surface area contributed by atoms with Crippen LogP contribution in [0.25, 0.3) is 0 Å². The number of rotatable bonds is 3. The smallest absolute Gasteiger partial charge is 0.416 e. The highest BCUT2D eigenvalue weighted by atomic mass is 19.4. The lowest BCUT2D eigenvalue weighted by Crippen LogP contribution is -2.63. The molecule has 182 valence electrons. The van der Waals surface area contributed by atoms with E-state index in [1.54, 1.807) is 11.0 Å². The van der Waals surface area contributed by atoms with Gasteiger partial charge in [-0.2, -0.15) is 13.2 Å². The Labute approximate surface area is 193 Å². The van der Waals surface area contributed by atoms with E-state index >= 15 is 0 Å². The summed E-state index contributed by atoms with van der Waals surface area (Å²) in [6, 6.07) is 5.62. The Balaban J connectivity index is 1.48. The standard InChI is InChI=1S/C22H23F3N4O5/c23-22(24,25)15-3-5-16(6-4-15)26-21(32)28-7-8-29(20(31)18-2-1-11-34-18)17(14-28)19(30)27-9-12-33-13-10-27/h1-6,11,17H,7-10,12-14H2,(H,26,32). The van der Waals surface area contributed by atoms with E-state index in [0.29, 0.717) is 26.3 Å². The van der Waals surface area contributed by atoms with Gasteiger partial charge in [0.25, 0.3) is 5.91 Å². The summed E-state index contributed by atoms with van der Waals surface area (Å²) in [5.74, 6) is -0.683. The van der Waals surface area contributed by atoms with Crippen molar-refractivity contribution in [1.29, 1.82) is 0 Å². The van der Waals surface area contributed by atoms with Crippen molar-refractivity contribution >= 4 is 23.5 Å². The van der Waals surface area contributed by atoms with E-state index in [2.05, 4.69) is 5.32 Å². The number of halogens is 3. The zero-order chi connectivity index (χ0) is 24.3. The number of urea groups is 1. The van der Waals surface area contributed by atoms with Crippen molar-refractivity contribution < 1.29 is 36.7 Å². The Morgan fingerprint density at radius 2 is 1.65 bits per heavy atom. The fourth-order valence-electron chi connectivity index (χ4n) is 3.90. The lowest BCUT2D eigenvalue weighted by Gasteiger charge is -2.42. The number of hydrogen-bond acceptors (Lipinski definition) is 5. The second-order valence-electron chi connectivity index (χ2n) is 7.88. The molecule has 2 fully saturated rings. The minimum atomic E-state index is -4.48.